The van der Waals surface area contributed by atoms with E-state index in [2.05, 4.69) is 0 Å². The Morgan fingerprint density at radius 3 is 2.29 bits per heavy atom. The molecular weight excluding hydrogens is 392 g/mol. The summed E-state index contributed by atoms with van der Waals surface area (Å²) in [5.74, 6) is 0.0759. The van der Waals surface area contributed by atoms with Gasteiger partial charge in [0.1, 0.15) is 0 Å². The zero-order chi connectivity index (χ0) is 21.5. The molecule has 0 radical (unpaired) electrons. The standard InChI is InChI=1S/C25H30N2O4/c28-24(16-20-8-3-1-4-9-20)27(17-22-12-7-14-30-22)19-23-18-26(13-15-31-23)25(29)21-10-5-2-6-11-21/h1-6,8-11,22-23H,7,12-19H2. The molecule has 2 atom stereocenters. The Kier molecular flexibility index (Phi) is 7.33. The van der Waals surface area contributed by atoms with Crippen molar-refractivity contribution in [1.29, 1.82) is 0 Å². The van der Waals surface area contributed by atoms with Gasteiger partial charge in [0.05, 0.1) is 25.2 Å². The predicted octanol–water partition coefficient (Wildman–Crippen LogP) is 2.78. The number of carbonyl (C=O) groups excluding carboxylic acids is 2. The van der Waals surface area contributed by atoms with E-state index in [0.29, 0.717) is 44.8 Å². The molecule has 164 valence electrons. The van der Waals surface area contributed by atoms with E-state index in [9.17, 15) is 9.59 Å². The molecule has 4 rings (SSSR count). The molecule has 0 aliphatic carbocycles. The van der Waals surface area contributed by atoms with Crippen LogP contribution in [0, 0.1) is 0 Å². The number of nitrogens with zero attached hydrogens (tertiary/aromatic N) is 2. The van der Waals surface area contributed by atoms with Crippen LogP contribution in [0.3, 0.4) is 0 Å². The Labute approximate surface area is 183 Å². The molecule has 31 heavy (non-hydrogen) atoms. The lowest BCUT2D eigenvalue weighted by atomic mass is 10.1. The van der Waals surface area contributed by atoms with Crippen LogP contribution in [0.25, 0.3) is 0 Å². The Morgan fingerprint density at radius 1 is 0.903 bits per heavy atom. The molecule has 0 aromatic heterocycles. The van der Waals surface area contributed by atoms with Gasteiger partial charge < -0.3 is 19.3 Å². The highest BCUT2D eigenvalue weighted by Gasteiger charge is 2.30. The van der Waals surface area contributed by atoms with Gasteiger partial charge in [-0.1, -0.05) is 48.5 Å². The minimum absolute atomic E-state index is 0.00943. The summed E-state index contributed by atoms with van der Waals surface area (Å²) in [6.07, 6.45) is 2.23. The number of carbonyl (C=O) groups is 2. The first-order chi connectivity index (χ1) is 15.2. The second kappa shape index (κ2) is 10.6. The van der Waals surface area contributed by atoms with Crippen LogP contribution in [0.1, 0.15) is 28.8 Å². The van der Waals surface area contributed by atoms with Crippen molar-refractivity contribution in [2.24, 2.45) is 0 Å². The molecule has 0 N–H and O–H groups in total. The Balaban J connectivity index is 1.41. The van der Waals surface area contributed by atoms with Crippen LogP contribution in [0.5, 0.6) is 0 Å². The summed E-state index contributed by atoms with van der Waals surface area (Å²) in [5.41, 5.74) is 1.68. The molecule has 2 amide bonds. The van der Waals surface area contributed by atoms with Gasteiger partial charge in [0.15, 0.2) is 0 Å². The molecule has 2 aliphatic rings. The normalized spacial score (nSPS) is 21.1. The Morgan fingerprint density at radius 2 is 1.58 bits per heavy atom. The van der Waals surface area contributed by atoms with Gasteiger partial charge in [0.25, 0.3) is 5.91 Å². The van der Waals surface area contributed by atoms with Crippen molar-refractivity contribution in [2.45, 2.75) is 31.5 Å². The van der Waals surface area contributed by atoms with Crippen molar-refractivity contribution in [2.75, 3.05) is 39.4 Å². The quantitative estimate of drug-likeness (QED) is 0.689. The van der Waals surface area contributed by atoms with E-state index in [1.165, 1.54) is 0 Å². The lowest BCUT2D eigenvalue weighted by Crippen LogP contribution is -2.51. The van der Waals surface area contributed by atoms with E-state index >= 15 is 0 Å². The molecule has 6 nitrogen and oxygen atoms in total. The van der Waals surface area contributed by atoms with Crippen molar-refractivity contribution in [3.63, 3.8) is 0 Å². The summed E-state index contributed by atoms with van der Waals surface area (Å²) < 4.78 is 11.8. The van der Waals surface area contributed by atoms with E-state index < -0.39 is 0 Å². The first kappa shape index (κ1) is 21.5. The fourth-order valence-electron chi connectivity index (χ4n) is 4.22. The Bertz CT molecular complexity index is 852. The second-order valence-corrected chi connectivity index (χ2v) is 8.21. The van der Waals surface area contributed by atoms with Gasteiger partial charge in [-0.2, -0.15) is 0 Å². The van der Waals surface area contributed by atoms with Gasteiger partial charge in [-0.15, -0.1) is 0 Å². The fourth-order valence-corrected chi connectivity index (χ4v) is 4.22. The summed E-state index contributed by atoms with van der Waals surface area (Å²) in [6, 6.07) is 19.1. The number of amides is 2. The lowest BCUT2D eigenvalue weighted by Gasteiger charge is -2.36. The van der Waals surface area contributed by atoms with Gasteiger partial charge in [-0.3, -0.25) is 9.59 Å². The van der Waals surface area contributed by atoms with Crippen molar-refractivity contribution < 1.29 is 19.1 Å². The van der Waals surface area contributed by atoms with Gasteiger partial charge in [0, 0.05) is 38.3 Å². The Hall–Kier alpha value is -2.70. The molecule has 2 aromatic rings. The first-order valence-electron chi connectivity index (χ1n) is 11.1. The number of benzene rings is 2. The third-order valence-electron chi connectivity index (χ3n) is 5.87. The highest BCUT2D eigenvalue weighted by molar-refractivity contribution is 5.94. The summed E-state index contributed by atoms with van der Waals surface area (Å²) in [7, 11) is 0. The van der Waals surface area contributed by atoms with Crippen LogP contribution in [0.15, 0.2) is 60.7 Å². The molecular formula is C25H30N2O4. The smallest absolute Gasteiger partial charge is 0.254 e. The average Bonchev–Trinajstić information content (AvgIpc) is 3.33. The SMILES string of the molecule is O=C(Cc1ccccc1)N(CC1CCCO1)CC1CN(C(=O)c2ccccc2)CCO1. The van der Waals surface area contributed by atoms with Crippen molar-refractivity contribution in [3.05, 3.63) is 71.8 Å². The minimum Gasteiger partial charge on any atom is -0.376 e. The zero-order valence-electron chi connectivity index (χ0n) is 17.8. The van der Waals surface area contributed by atoms with E-state index in [1.807, 2.05) is 70.5 Å². The first-order valence-corrected chi connectivity index (χ1v) is 11.1. The van der Waals surface area contributed by atoms with Crippen LogP contribution in [-0.2, 0) is 20.7 Å². The number of morpholine rings is 1. The maximum atomic E-state index is 13.1. The topological polar surface area (TPSA) is 59.1 Å². The highest BCUT2D eigenvalue weighted by atomic mass is 16.5. The van der Waals surface area contributed by atoms with Crippen molar-refractivity contribution in [1.82, 2.24) is 9.80 Å². The van der Waals surface area contributed by atoms with Crippen LogP contribution in [-0.4, -0.2) is 73.2 Å². The van der Waals surface area contributed by atoms with E-state index in [1.54, 1.807) is 0 Å². The van der Waals surface area contributed by atoms with E-state index in [4.69, 9.17) is 9.47 Å². The fraction of sp³-hybridized carbons (Fsp3) is 0.440. The van der Waals surface area contributed by atoms with Crippen LogP contribution in [0.2, 0.25) is 0 Å². The van der Waals surface area contributed by atoms with Gasteiger partial charge in [-0.25, -0.2) is 0 Å². The number of hydrogen-bond donors (Lipinski definition) is 0. The van der Waals surface area contributed by atoms with Gasteiger partial charge in [0.2, 0.25) is 5.91 Å². The molecule has 2 unspecified atom stereocenters. The third-order valence-corrected chi connectivity index (χ3v) is 5.87. The van der Waals surface area contributed by atoms with Crippen LogP contribution < -0.4 is 0 Å². The molecule has 2 aromatic carbocycles. The van der Waals surface area contributed by atoms with Gasteiger partial charge >= 0.3 is 0 Å². The number of rotatable bonds is 7. The summed E-state index contributed by atoms with van der Waals surface area (Å²) >= 11 is 0. The number of ether oxygens (including phenoxy) is 2. The third kappa shape index (κ3) is 5.93. The summed E-state index contributed by atoms with van der Waals surface area (Å²) in [4.78, 5) is 29.7. The molecule has 2 saturated heterocycles. The maximum Gasteiger partial charge on any atom is 0.254 e. The largest absolute Gasteiger partial charge is 0.376 e. The van der Waals surface area contributed by atoms with Gasteiger partial charge in [-0.05, 0) is 30.5 Å². The van der Waals surface area contributed by atoms with E-state index in [0.717, 1.165) is 25.0 Å². The summed E-state index contributed by atoms with van der Waals surface area (Å²) in [6.45, 7) is 3.30. The predicted molar refractivity (Wildman–Crippen MR) is 118 cm³/mol. The lowest BCUT2D eigenvalue weighted by molar-refractivity contribution is -0.135. The van der Waals surface area contributed by atoms with Crippen LogP contribution in [0.4, 0.5) is 0 Å². The molecule has 6 heteroatoms. The van der Waals surface area contributed by atoms with Crippen molar-refractivity contribution in [3.8, 4) is 0 Å². The maximum absolute atomic E-state index is 13.1. The number of hydrogen-bond acceptors (Lipinski definition) is 4. The molecule has 0 bridgehead atoms. The molecule has 2 heterocycles. The zero-order valence-corrected chi connectivity index (χ0v) is 17.8. The molecule has 2 fully saturated rings. The second-order valence-electron chi connectivity index (χ2n) is 8.21. The molecule has 0 saturated carbocycles. The highest BCUT2D eigenvalue weighted by Crippen LogP contribution is 2.17. The van der Waals surface area contributed by atoms with Crippen molar-refractivity contribution >= 4 is 11.8 Å². The molecule has 0 spiro atoms. The monoisotopic (exact) mass is 422 g/mol. The van der Waals surface area contributed by atoms with E-state index in [-0.39, 0.29) is 24.0 Å². The molecule has 2 aliphatic heterocycles. The van der Waals surface area contributed by atoms with Crippen LogP contribution >= 0.6 is 0 Å². The average molecular weight is 423 g/mol. The minimum atomic E-state index is -0.206. The summed E-state index contributed by atoms with van der Waals surface area (Å²) in [5, 5.41) is 0.